The number of nitrogens with one attached hydrogen (secondary N) is 1. The minimum Gasteiger partial charge on any atom is -0.433 e. The first-order valence-corrected chi connectivity index (χ1v) is 8.40. The number of hydrogen-bond acceptors (Lipinski definition) is 3. The minimum absolute atomic E-state index is 0.165. The molecule has 0 aliphatic heterocycles. The number of pyridine rings is 1. The number of hydrogen-bond donors (Lipinski definition) is 1. The van der Waals surface area contributed by atoms with E-state index < -0.39 is 5.82 Å². The molecule has 4 aromatic rings. The third kappa shape index (κ3) is 3.13. The zero-order chi connectivity index (χ0) is 18.3. The van der Waals surface area contributed by atoms with Gasteiger partial charge >= 0.3 is 0 Å². The van der Waals surface area contributed by atoms with E-state index in [9.17, 15) is 9.18 Å². The summed E-state index contributed by atoms with van der Waals surface area (Å²) < 4.78 is 18.7. The summed E-state index contributed by atoms with van der Waals surface area (Å²) in [4.78, 5) is 16.8. The molecule has 0 atom stereocenters. The summed E-state index contributed by atoms with van der Waals surface area (Å²) in [7, 11) is 0. The van der Waals surface area contributed by atoms with E-state index in [4.69, 9.17) is 16.0 Å². The Kier molecular flexibility index (Phi) is 4.09. The van der Waals surface area contributed by atoms with E-state index in [2.05, 4.69) is 10.3 Å². The van der Waals surface area contributed by atoms with Crippen molar-refractivity contribution in [1.29, 1.82) is 0 Å². The van der Waals surface area contributed by atoms with Crippen LogP contribution in [0.15, 0.2) is 52.9 Å². The highest BCUT2D eigenvalue weighted by Gasteiger charge is 2.14. The monoisotopic (exact) mass is 368 g/mol. The highest BCUT2D eigenvalue weighted by molar-refractivity contribution is 6.31. The molecule has 0 fully saturated rings. The quantitative estimate of drug-likeness (QED) is 0.553. The van der Waals surface area contributed by atoms with Crippen molar-refractivity contribution in [2.75, 3.05) is 0 Å². The van der Waals surface area contributed by atoms with Gasteiger partial charge in [-0.2, -0.15) is 0 Å². The van der Waals surface area contributed by atoms with Gasteiger partial charge in [0.25, 0.3) is 5.91 Å². The van der Waals surface area contributed by atoms with Gasteiger partial charge < -0.3 is 9.73 Å². The number of benzene rings is 2. The number of nitrogens with zero attached hydrogens (tertiary/aromatic N) is 1. The predicted molar refractivity (Wildman–Crippen MR) is 98.8 cm³/mol. The van der Waals surface area contributed by atoms with E-state index in [1.54, 1.807) is 6.07 Å². The fraction of sp³-hybridized carbons (Fsp3) is 0.100. The van der Waals surface area contributed by atoms with Gasteiger partial charge in [-0.1, -0.05) is 29.8 Å². The summed E-state index contributed by atoms with van der Waals surface area (Å²) in [5, 5.41) is 4.72. The van der Waals surface area contributed by atoms with Crippen LogP contribution in [0.4, 0.5) is 4.39 Å². The fourth-order valence-corrected chi connectivity index (χ4v) is 3.01. The average Bonchev–Trinajstić information content (AvgIpc) is 3.01. The zero-order valence-electron chi connectivity index (χ0n) is 13.8. The van der Waals surface area contributed by atoms with Crippen LogP contribution in [-0.4, -0.2) is 10.9 Å². The molecule has 2 aromatic heterocycles. The molecule has 2 heterocycles. The lowest BCUT2D eigenvalue weighted by atomic mass is 10.1. The van der Waals surface area contributed by atoms with Gasteiger partial charge in [-0.05, 0) is 48.4 Å². The van der Waals surface area contributed by atoms with Crippen molar-refractivity contribution < 1.29 is 13.6 Å². The third-order valence-corrected chi connectivity index (χ3v) is 4.49. The number of aromatic nitrogens is 1. The van der Waals surface area contributed by atoms with Crippen LogP contribution in [0.2, 0.25) is 5.02 Å². The highest BCUT2D eigenvalue weighted by atomic mass is 35.5. The Labute approximate surface area is 153 Å². The number of amides is 1. The molecule has 0 aliphatic carbocycles. The molecule has 0 unspecified atom stereocenters. The molecule has 6 heteroatoms. The van der Waals surface area contributed by atoms with Crippen molar-refractivity contribution in [2.24, 2.45) is 0 Å². The van der Waals surface area contributed by atoms with Crippen LogP contribution in [0.3, 0.4) is 0 Å². The summed E-state index contributed by atoms with van der Waals surface area (Å²) in [6.45, 7) is 2.16. The lowest BCUT2D eigenvalue weighted by molar-refractivity contribution is 0.0925. The maximum absolute atomic E-state index is 13.1. The van der Waals surface area contributed by atoms with E-state index in [0.29, 0.717) is 11.3 Å². The molecule has 1 amide bonds. The number of furan rings is 1. The van der Waals surface area contributed by atoms with Crippen molar-refractivity contribution in [3.05, 3.63) is 76.3 Å². The number of rotatable bonds is 3. The smallest absolute Gasteiger partial charge is 0.287 e. The Balaban J connectivity index is 1.59. The van der Waals surface area contributed by atoms with E-state index in [1.165, 1.54) is 18.2 Å². The predicted octanol–water partition coefficient (Wildman–Crippen LogP) is 5.01. The molecular weight excluding hydrogens is 355 g/mol. The van der Waals surface area contributed by atoms with Gasteiger partial charge in [0, 0.05) is 22.3 Å². The van der Waals surface area contributed by atoms with Crippen molar-refractivity contribution in [1.82, 2.24) is 10.3 Å². The fourth-order valence-electron chi connectivity index (χ4n) is 2.78. The van der Waals surface area contributed by atoms with E-state index in [1.807, 2.05) is 31.2 Å². The summed E-state index contributed by atoms with van der Waals surface area (Å²) in [6.07, 6.45) is 0. The van der Waals surface area contributed by atoms with Crippen LogP contribution in [0.25, 0.3) is 22.0 Å². The van der Waals surface area contributed by atoms with Crippen LogP contribution in [0, 0.1) is 12.7 Å². The molecule has 0 aliphatic rings. The molecule has 26 heavy (non-hydrogen) atoms. The Bertz CT molecular complexity index is 1150. The second-order valence-corrected chi connectivity index (χ2v) is 6.52. The number of fused-ring (bicyclic) bond motifs is 2. The number of halogens is 2. The molecule has 0 saturated heterocycles. The largest absolute Gasteiger partial charge is 0.433 e. The maximum Gasteiger partial charge on any atom is 0.287 e. The van der Waals surface area contributed by atoms with Gasteiger partial charge in [0.1, 0.15) is 5.82 Å². The summed E-state index contributed by atoms with van der Waals surface area (Å²) in [5.41, 5.74) is 2.95. The van der Waals surface area contributed by atoms with Crippen LogP contribution in [-0.2, 0) is 6.54 Å². The van der Waals surface area contributed by atoms with Crippen LogP contribution >= 0.6 is 11.6 Å². The molecule has 130 valence electrons. The van der Waals surface area contributed by atoms with Gasteiger partial charge in [-0.3, -0.25) is 4.79 Å². The standard InChI is InChI=1S/C20H14ClFN2O2/c1-11-2-3-12-7-14-8-18(26-20(14)24-17(12)6-11)19(25)23-10-13-4-5-15(22)9-16(13)21/h2-9H,10H2,1H3,(H,23,25). The molecule has 4 nitrogen and oxygen atoms in total. The van der Waals surface area contributed by atoms with Gasteiger partial charge in [-0.25, -0.2) is 9.37 Å². The van der Waals surface area contributed by atoms with Gasteiger partial charge in [0.15, 0.2) is 5.76 Å². The lowest BCUT2D eigenvalue weighted by Crippen LogP contribution is -2.22. The topological polar surface area (TPSA) is 55.1 Å². The first kappa shape index (κ1) is 16.5. The van der Waals surface area contributed by atoms with Gasteiger partial charge in [0.2, 0.25) is 5.71 Å². The Morgan fingerprint density at radius 2 is 2.00 bits per heavy atom. The molecule has 0 bridgehead atoms. The average molecular weight is 369 g/mol. The molecular formula is C20H14ClFN2O2. The summed E-state index contributed by atoms with van der Waals surface area (Å²) in [5.74, 6) is -0.642. The van der Waals surface area contributed by atoms with Crippen molar-refractivity contribution in [2.45, 2.75) is 13.5 Å². The summed E-state index contributed by atoms with van der Waals surface area (Å²) >= 11 is 5.97. The Morgan fingerprint density at radius 3 is 2.81 bits per heavy atom. The van der Waals surface area contributed by atoms with Gasteiger partial charge in [-0.15, -0.1) is 0 Å². The zero-order valence-corrected chi connectivity index (χ0v) is 14.6. The Morgan fingerprint density at radius 1 is 1.15 bits per heavy atom. The second-order valence-electron chi connectivity index (χ2n) is 6.11. The number of carbonyl (C=O) groups is 1. The van der Waals surface area contributed by atoms with Crippen LogP contribution in [0.1, 0.15) is 21.7 Å². The van der Waals surface area contributed by atoms with E-state index >= 15 is 0 Å². The first-order chi connectivity index (χ1) is 12.5. The van der Waals surface area contributed by atoms with E-state index in [0.717, 1.165) is 21.9 Å². The van der Waals surface area contributed by atoms with Crippen molar-refractivity contribution >= 4 is 39.5 Å². The number of aryl methyl sites for hydroxylation is 1. The van der Waals surface area contributed by atoms with Crippen LogP contribution < -0.4 is 5.32 Å². The van der Waals surface area contributed by atoms with Crippen molar-refractivity contribution in [3.63, 3.8) is 0 Å². The minimum atomic E-state index is -0.421. The molecule has 4 rings (SSSR count). The van der Waals surface area contributed by atoms with Crippen molar-refractivity contribution in [3.8, 4) is 0 Å². The number of carbonyl (C=O) groups excluding carboxylic acids is 1. The Hall–Kier alpha value is -2.92. The molecule has 0 radical (unpaired) electrons. The molecule has 2 aromatic carbocycles. The lowest BCUT2D eigenvalue weighted by Gasteiger charge is -2.05. The molecule has 0 spiro atoms. The van der Waals surface area contributed by atoms with Crippen LogP contribution in [0.5, 0.6) is 0 Å². The molecule has 0 saturated carbocycles. The molecule has 1 N–H and O–H groups in total. The maximum atomic E-state index is 13.1. The summed E-state index contributed by atoms with van der Waals surface area (Å²) in [6, 6.07) is 13.6. The second kappa shape index (κ2) is 6.42. The SMILES string of the molecule is Cc1ccc2cc3cc(C(=O)NCc4ccc(F)cc4Cl)oc3nc2c1. The third-order valence-electron chi connectivity index (χ3n) is 4.14. The first-order valence-electron chi connectivity index (χ1n) is 8.03. The van der Waals surface area contributed by atoms with E-state index in [-0.39, 0.29) is 23.2 Å². The van der Waals surface area contributed by atoms with Gasteiger partial charge in [0.05, 0.1) is 5.52 Å². The normalized spacial score (nSPS) is 11.2. The highest BCUT2D eigenvalue weighted by Crippen LogP contribution is 2.24.